The fourth-order valence-electron chi connectivity index (χ4n) is 3.45. The Morgan fingerprint density at radius 3 is 2.31 bits per heavy atom. The van der Waals surface area contributed by atoms with Gasteiger partial charge in [-0.2, -0.15) is 9.40 Å². The van der Waals surface area contributed by atoms with Gasteiger partial charge >= 0.3 is 0 Å². The maximum atomic E-state index is 12.6. The molecule has 0 bridgehead atoms. The number of rotatable bonds is 8. The van der Waals surface area contributed by atoms with E-state index >= 15 is 0 Å². The Bertz CT molecular complexity index is 1220. The Kier molecular flexibility index (Phi) is 7.27. The van der Waals surface area contributed by atoms with Gasteiger partial charge in [-0.05, 0) is 55.8 Å². The molecule has 0 aliphatic heterocycles. The molecule has 0 fully saturated rings. The van der Waals surface area contributed by atoms with Crippen LogP contribution in [0.25, 0.3) is 11.8 Å². The van der Waals surface area contributed by atoms with Crippen LogP contribution in [0.1, 0.15) is 30.8 Å². The zero-order valence-corrected chi connectivity index (χ0v) is 19.6. The molecule has 168 valence electrons. The number of amides is 1. The van der Waals surface area contributed by atoms with Crippen molar-refractivity contribution in [3.8, 4) is 5.69 Å². The molecule has 0 radical (unpaired) electrons. The highest BCUT2D eigenvalue weighted by Gasteiger charge is 2.21. The number of carbonyl (C=O) groups excluding carboxylic acids is 1. The molecule has 1 aromatic heterocycles. The molecular formula is C24H28N4O3S. The lowest BCUT2D eigenvalue weighted by Gasteiger charge is -2.18. The Hall–Kier alpha value is -3.23. The average Bonchev–Trinajstić information content (AvgIpc) is 3.11. The molecule has 32 heavy (non-hydrogen) atoms. The summed E-state index contributed by atoms with van der Waals surface area (Å²) < 4.78 is 28.4. The molecule has 0 saturated carbocycles. The van der Waals surface area contributed by atoms with Crippen LogP contribution in [0.15, 0.2) is 65.6 Å². The summed E-state index contributed by atoms with van der Waals surface area (Å²) in [5, 5.41) is 7.38. The van der Waals surface area contributed by atoms with Crippen LogP contribution in [0, 0.1) is 13.8 Å². The molecule has 0 aliphatic carbocycles. The number of aryl methyl sites for hydroxylation is 2. The van der Waals surface area contributed by atoms with Crippen LogP contribution in [-0.4, -0.2) is 41.5 Å². The smallest absolute Gasteiger partial charge is 0.248 e. The van der Waals surface area contributed by atoms with Crippen LogP contribution in [0.4, 0.5) is 5.69 Å². The molecule has 0 saturated heterocycles. The van der Waals surface area contributed by atoms with E-state index in [0.29, 0.717) is 18.8 Å². The zero-order valence-electron chi connectivity index (χ0n) is 18.7. The number of benzene rings is 2. The maximum Gasteiger partial charge on any atom is 0.248 e. The average molecular weight is 453 g/mol. The van der Waals surface area contributed by atoms with E-state index < -0.39 is 10.0 Å². The largest absolute Gasteiger partial charge is 0.321 e. The highest BCUT2D eigenvalue weighted by Crippen LogP contribution is 2.22. The summed E-state index contributed by atoms with van der Waals surface area (Å²) in [6.07, 6.45) is 3.07. The van der Waals surface area contributed by atoms with Gasteiger partial charge in [0.25, 0.3) is 0 Å². The highest BCUT2D eigenvalue weighted by molar-refractivity contribution is 7.89. The van der Waals surface area contributed by atoms with E-state index in [1.165, 1.54) is 10.4 Å². The number of nitrogens with zero attached hydrogens (tertiary/aromatic N) is 3. The standard InChI is InChI=1S/C24H28N4O3S/c1-5-27(6-2)32(30,31)21-14-11-20(12-15-21)13-16-24(29)25-22-9-7-8-10-23(22)28-19(4)17-18(3)26-28/h7-17H,5-6H2,1-4H3,(H,25,29). The van der Waals surface area contributed by atoms with Crippen LogP contribution in [-0.2, 0) is 14.8 Å². The van der Waals surface area contributed by atoms with Gasteiger partial charge in [0, 0.05) is 24.9 Å². The molecule has 0 aliphatic rings. The lowest BCUT2D eigenvalue weighted by Crippen LogP contribution is -2.30. The van der Waals surface area contributed by atoms with Crippen molar-refractivity contribution in [2.45, 2.75) is 32.6 Å². The number of hydrogen-bond acceptors (Lipinski definition) is 4. The Morgan fingerprint density at radius 1 is 1.06 bits per heavy atom. The predicted octanol–water partition coefficient (Wildman–Crippen LogP) is 4.17. The van der Waals surface area contributed by atoms with Gasteiger partial charge in [-0.25, -0.2) is 13.1 Å². The first kappa shape index (κ1) is 23.4. The lowest BCUT2D eigenvalue weighted by atomic mass is 10.2. The van der Waals surface area contributed by atoms with Gasteiger partial charge in [0.2, 0.25) is 15.9 Å². The van der Waals surface area contributed by atoms with Crippen molar-refractivity contribution in [2.24, 2.45) is 0 Å². The van der Waals surface area contributed by atoms with Gasteiger partial charge < -0.3 is 5.32 Å². The molecule has 8 heteroatoms. The molecule has 0 atom stereocenters. The van der Waals surface area contributed by atoms with Gasteiger partial charge in [-0.1, -0.05) is 38.1 Å². The van der Waals surface area contributed by atoms with Gasteiger partial charge in [0.05, 0.1) is 22.0 Å². The van der Waals surface area contributed by atoms with Crippen molar-refractivity contribution in [3.05, 3.63) is 77.6 Å². The minimum Gasteiger partial charge on any atom is -0.321 e. The second-order valence-electron chi connectivity index (χ2n) is 7.34. The highest BCUT2D eigenvalue weighted by atomic mass is 32.2. The van der Waals surface area contributed by atoms with E-state index in [2.05, 4.69) is 10.4 Å². The monoisotopic (exact) mass is 452 g/mol. The Balaban J connectivity index is 1.74. The van der Waals surface area contributed by atoms with E-state index in [9.17, 15) is 13.2 Å². The van der Waals surface area contributed by atoms with Crippen LogP contribution < -0.4 is 5.32 Å². The summed E-state index contributed by atoms with van der Waals surface area (Å²) >= 11 is 0. The fourth-order valence-corrected chi connectivity index (χ4v) is 4.90. The minimum absolute atomic E-state index is 0.238. The first-order chi connectivity index (χ1) is 15.3. The SMILES string of the molecule is CCN(CC)S(=O)(=O)c1ccc(C=CC(=O)Nc2ccccc2-n2nc(C)cc2C)cc1. The van der Waals surface area contributed by atoms with Gasteiger partial charge in [0.1, 0.15) is 0 Å². The molecule has 2 aromatic carbocycles. The molecule has 1 heterocycles. The number of hydrogen-bond donors (Lipinski definition) is 1. The number of sulfonamides is 1. The quantitative estimate of drug-likeness (QED) is 0.520. The molecule has 1 amide bonds. The maximum absolute atomic E-state index is 12.6. The van der Waals surface area contributed by atoms with E-state index in [0.717, 1.165) is 22.6 Å². The lowest BCUT2D eigenvalue weighted by molar-refractivity contribution is -0.111. The Labute approximate surface area is 189 Å². The first-order valence-corrected chi connectivity index (χ1v) is 11.9. The van der Waals surface area contributed by atoms with Crippen LogP contribution in [0.5, 0.6) is 0 Å². The van der Waals surface area contributed by atoms with Gasteiger partial charge in [0.15, 0.2) is 0 Å². The van der Waals surface area contributed by atoms with E-state index in [1.807, 2.05) is 58.0 Å². The molecule has 7 nitrogen and oxygen atoms in total. The minimum atomic E-state index is -3.50. The van der Waals surface area contributed by atoms with Crippen LogP contribution in [0.3, 0.4) is 0 Å². The molecular weight excluding hydrogens is 424 g/mol. The zero-order chi connectivity index (χ0) is 23.3. The summed E-state index contributed by atoms with van der Waals surface area (Å²) in [5.74, 6) is -0.293. The molecule has 0 unspecified atom stereocenters. The predicted molar refractivity (Wildman–Crippen MR) is 127 cm³/mol. The van der Waals surface area contributed by atoms with Crippen molar-refractivity contribution in [1.82, 2.24) is 14.1 Å². The van der Waals surface area contributed by atoms with E-state index in [1.54, 1.807) is 35.0 Å². The number of para-hydroxylation sites is 2. The number of carbonyl (C=O) groups is 1. The van der Waals surface area contributed by atoms with Crippen LogP contribution in [0.2, 0.25) is 0 Å². The summed E-state index contributed by atoms with van der Waals surface area (Å²) in [6.45, 7) is 8.33. The third-order valence-corrected chi connectivity index (χ3v) is 7.11. The Morgan fingerprint density at radius 2 is 1.72 bits per heavy atom. The first-order valence-electron chi connectivity index (χ1n) is 10.5. The number of anilines is 1. The van der Waals surface area contributed by atoms with Crippen molar-refractivity contribution >= 4 is 27.7 Å². The van der Waals surface area contributed by atoms with Crippen molar-refractivity contribution in [3.63, 3.8) is 0 Å². The molecule has 0 spiro atoms. The van der Waals surface area contributed by atoms with E-state index in [4.69, 9.17) is 0 Å². The number of aromatic nitrogens is 2. The third-order valence-electron chi connectivity index (χ3n) is 5.05. The van der Waals surface area contributed by atoms with E-state index in [-0.39, 0.29) is 10.8 Å². The molecule has 3 aromatic rings. The van der Waals surface area contributed by atoms with Crippen molar-refractivity contribution in [1.29, 1.82) is 0 Å². The topological polar surface area (TPSA) is 84.3 Å². The summed E-state index contributed by atoms with van der Waals surface area (Å²) in [4.78, 5) is 12.8. The summed E-state index contributed by atoms with van der Waals surface area (Å²) in [7, 11) is -3.50. The van der Waals surface area contributed by atoms with Crippen molar-refractivity contribution < 1.29 is 13.2 Å². The van der Waals surface area contributed by atoms with Gasteiger partial charge in [-0.3, -0.25) is 4.79 Å². The normalized spacial score (nSPS) is 11.9. The third kappa shape index (κ3) is 5.15. The summed E-state index contributed by atoms with van der Waals surface area (Å²) in [6, 6.07) is 15.9. The second-order valence-corrected chi connectivity index (χ2v) is 9.27. The summed E-state index contributed by atoms with van der Waals surface area (Å²) in [5.41, 5.74) is 4.03. The fraction of sp³-hybridized carbons (Fsp3) is 0.250. The second kappa shape index (κ2) is 9.93. The molecule has 3 rings (SSSR count). The van der Waals surface area contributed by atoms with Gasteiger partial charge in [-0.15, -0.1) is 0 Å². The van der Waals surface area contributed by atoms with Crippen molar-refractivity contribution in [2.75, 3.05) is 18.4 Å². The van der Waals surface area contributed by atoms with Crippen LogP contribution >= 0.6 is 0 Å². The number of nitrogens with one attached hydrogen (secondary N) is 1. The molecule has 1 N–H and O–H groups in total.